The number of halogens is 1. The molecule has 2 aromatic rings. The van der Waals surface area contributed by atoms with Gasteiger partial charge in [0.05, 0.1) is 12.9 Å². The van der Waals surface area contributed by atoms with Crippen molar-refractivity contribution in [3.05, 3.63) is 64.7 Å². The van der Waals surface area contributed by atoms with Gasteiger partial charge in [0.1, 0.15) is 11.8 Å². The van der Waals surface area contributed by atoms with Crippen LogP contribution in [0.2, 0.25) is 5.02 Å². The van der Waals surface area contributed by atoms with Crippen molar-refractivity contribution in [1.82, 2.24) is 10.2 Å². The van der Waals surface area contributed by atoms with Crippen molar-refractivity contribution in [2.45, 2.75) is 51.4 Å². The lowest BCUT2D eigenvalue weighted by Gasteiger charge is -2.31. The second-order valence-corrected chi connectivity index (χ2v) is 8.92. The number of rotatable bonds is 13. The molecule has 2 rings (SSSR count). The number of methoxy groups -OCH3 is 1. The Kier molecular flexibility index (Phi) is 11.5. The molecular formula is C25H33ClN2O3S. The first kappa shape index (κ1) is 26.1. The molecule has 2 amide bonds. The van der Waals surface area contributed by atoms with Gasteiger partial charge in [-0.2, -0.15) is 0 Å². The molecule has 0 aliphatic carbocycles. The number of hydrogen-bond acceptors (Lipinski definition) is 4. The van der Waals surface area contributed by atoms with E-state index in [2.05, 4.69) is 12.2 Å². The summed E-state index contributed by atoms with van der Waals surface area (Å²) in [4.78, 5) is 27.8. The summed E-state index contributed by atoms with van der Waals surface area (Å²) < 4.78 is 5.19. The third-order valence-electron chi connectivity index (χ3n) is 5.17. The van der Waals surface area contributed by atoms with E-state index in [9.17, 15) is 9.59 Å². The van der Waals surface area contributed by atoms with Gasteiger partial charge >= 0.3 is 0 Å². The molecule has 0 radical (unpaired) electrons. The van der Waals surface area contributed by atoms with Gasteiger partial charge in [0.2, 0.25) is 11.8 Å². The Morgan fingerprint density at radius 1 is 1.12 bits per heavy atom. The van der Waals surface area contributed by atoms with Crippen LogP contribution >= 0.6 is 23.4 Å². The average molecular weight is 477 g/mol. The Balaban J connectivity index is 2.09. The van der Waals surface area contributed by atoms with Crippen LogP contribution in [0.5, 0.6) is 5.75 Å². The Morgan fingerprint density at radius 2 is 1.84 bits per heavy atom. The number of unbranched alkanes of at least 4 members (excludes halogenated alkanes) is 1. The van der Waals surface area contributed by atoms with Crippen LogP contribution in [-0.4, -0.2) is 42.2 Å². The number of amides is 2. The summed E-state index contributed by atoms with van der Waals surface area (Å²) in [5, 5.41) is 3.57. The number of thioether (sulfide) groups is 1. The summed E-state index contributed by atoms with van der Waals surface area (Å²) in [6, 6.07) is 14.7. The van der Waals surface area contributed by atoms with E-state index < -0.39 is 6.04 Å². The third-order valence-corrected chi connectivity index (χ3v) is 6.52. The summed E-state index contributed by atoms with van der Waals surface area (Å²) in [6.07, 6.45) is 2.46. The molecule has 0 saturated carbocycles. The highest BCUT2D eigenvalue weighted by atomic mass is 35.5. The molecule has 1 unspecified atom stereocenters. The van der Waals surface area contributed by atoms with Crippen molar-refractivity contribution in [3.63, 3.8) is 0 Å². The van der Waals surface area contributed by atoms with Crippen LogP contribution in [0, 0.1) is 0 Å². The van der Waals surface area contributed by atoms with Crippen molar-refractivity contribution in [2.24, 2.45) is 0 Å². The van der Waals surface area contributed by atoms with Crippen molar-refractivity contribution < 1.29 is 14.3 Å². The van der Waals surface area contributed by atoms with Crippen LogP contribution in [-0.2, 0) is 21.9 Å². The van der Waals surface area contributed by atoms with Gasteiger partial charge in [-0.05, 0) is 42.2 Å². The Hall–Kier alpha value is -2.18. The molecule has 32 heavy (non-hydrogen) atoms. The summed E-state index contributed by atoms with van der Waals surface area (Å²) >= 11 is 7.89. The van der Waals surface area contributed by atoms with Gasteiger partial charge in [0.25, 0.3) is 0 Å². The Labute approximate surface area is 200 Å². The van der Waals surface area contributed by atoms with E-state index in [-0.39, 0.29) is 17.6 Å². The molecule has 0 bridgehead atoms. The van der Waals surface area contributed by atoms with E-state index >= 15 is 0 Å². The largest absolute Gasteiger partial charge is 0.497 e. The molecule has 1 N–H and O–H groups in total. The van der Waals surface area contributed by atoms with Crippen molar-refractivity contribution in [1.29, 1.82) is 0 Å². The maximum atomic E-state index is 13.2. The van der Waals surface area contributed by atoms with Crippen LogP contribution < -0.4 is 10.1 Å². The molecule has 0 aromatic heterocycles. The molecule has 7 heteroatoms. The van der Waals surface area contributed by atoms with Crippen molar-refractivity contribution >= 4 is 35.2 Å². The number of carbonyl (C=O) groups excluding carboxylic acids is 2. The average Bonchev–Trinajstić information content (AvgIpc) is 2.80. The van der Waals surface area contributed by atoms with Crippen LogP contribution in [0.4, 0.5) is 0 Å². The Morgan fingerprint density at radius 3 is 2.47 bits per heavy atom. The second kappa shape index (κ2) is 14.1. The number of benzene rings is 2. The molecule has 0 spiro atoms. The first-order chi connectivity index (χ1) is 15.5. The van der Waals surface area contributed by atoms with Gasteiger partial charge in [0.15, 0.2) is 0 Å². The lowest BCUT2D eigenvalue weighted by atomic mass is 10.1. The molecule has 0 heterocycles. The quantitative estimate of drug-likeness (QED) is 0.398. The van der Waals surface area contributed by atoms with Crippen LogP contribution in [0.15, 0.2) is 48.5 Å². The first-order valence-corrected chi connectivity index (χ1v) is 12.5. The highest BCUT2D eigenvalue weighted by Crippen LogP contribution is 2.22. The Bertz CT molecular complexity index is 861. The summed E-state index contributed by atoms with van der Waals surface area (Å²) in [5.41, 5.74) is 1.95. The normalized spacial score (nSPS) is 11.6. The topological polar surface area (TPSA) is 58.6 Å². The van der Waals surface area contributed by atoms with Gasteiger partial charge in [-0.15, -0.1) is 11.8 Å². The van der Waals surface area contributed by atoms with Gasteiger partial charge in [-0.1, -0.05) is 62.2 Å². The van der Waals surface area contributed by atoms with Gasteiger partial charge < -0.3 is 15.0 Å². The predicted octanol–water partition coefficient (Wildman–Crippen LogP) is 5.31. The SMILES string of the molecule is CCCCNC(=O)C(CC)N(Cc1ccccc1Cl)C(=O)CSCc1ccc(OC)cc1. The van der Waals surface area contributed by atoms with Crippen LogP contribution in [0.1, 0.15) is 44.2 Å². The summed E-state index contributed by atoms with van der Waals surface area (Å²) in [6.45, 7) is 4.94. The third kappa shape index (κ3) is 8.06. The fourth-order valence-corrected chi connectivity index (χ4v) is 4.36. The fourth-order valence-electron chi connectivity index (χ4n) is 3.30. The number of carbonyl (C=O) groups is 2. The van der Waals surface area contributed by atoms with Gasteiger partial charge in [0, 0.05) is 23.9 Å². The standard InChI is InChI=1S/C25H33ClN2O3S/c1-4-6-15-27-25(30)23(5-2)28(16-20-9-7-8-10-22(20)26)24(29)18-32-17-19-11-13-21(31-3)14-12-19/h7-14,23H,4-6,15-18H2,1-3H3,(H,27,30). The molecule has 1 atom stereocenters. The van der Waals surface area contributed by atoms with Crippen molar-refractivity contribution in [3.8, 4) is 5.75 Å². The van der Waals surface area contributed by atoms with E-state index in [1.165, 1.54) is 11.8 Å². The van der Waals surface area contributed by atoms with Crippen molar-refractivity contribution in [2.75, 3.05) is 19.4 Å². The molecule has 0 aliphatic rings. The molecule has 2 aromatic carbocycles. The van der Waals surface area contributed by atoms with E-state index in [0.29, 0.717) is 30.3 Å². The minimum absolute atomic E-state index is 0.0686. The molecule has 0 fully saturated rings. The van der Waals surface area contributed by atoms with E-state index in [1.54, 1.807) is 18.1 Å². The van der Waals surface area contributed by atoms with Gasteiger partial charge in [-0.3, -0.25) is 9.59 Å². The molecule has 5 nitrogen and oxygen atoms in total. The number of hydrogen-bond donors (Lipinski definition) is 1. The maximum absolute atomic E-state index is 13.2. The minimum atomic E-state index is -0.530. The summed E-state index contributed by atoms with van der Waals surface area (Å²) in [5.74, 6) is 1.62. The molecule has 0 aliphatic heterocycles. The lowest BCUT2D eigenvalue weighted by Crippen LogP contribution is -2.49. The van der Waals surface area contributed by atoms with E-state index in [0.717, 1.165) is 29.7 Å². The highest BCUT2D eigenvalue weighted by molar-refractivity contribution is 7.99. The van der Waals surface area contributed by atoms with E-state index in [4.69, 9.17) is 16.3 Å². The molecular weight excluding hydrogens is 444 g/mol. The number of ether oxygens (including phenoxy) is 1. The van der Waals surface area contributed by atoms with Crippen LogP contribution in [0.3, 0.4) is 0 Å². The van der Waals surface area contributed by atoms with Crippen LogP contribution in [0.25, 0.3) is 0 Å². The first-order valence-electron chi connectivity index (χ1n) is 11.0. The lowest BCUT2D eigenvalue weighted by molar-refractivity contribution is -0.139. The maximum Gasteiger partial charge on any atom is 0.242 e. The zero-order valence-electron chi connectivity index (χ0n) is 19.1. The monoisotopic (exact) mass is 476 g/mol. The van der Waals surface area contributed by atoms with Gasteiger partial charge in [-0.25, -0.2) is 0 Å². The summed E-state index contributed by atoms with van der Waals surface area (Å²) in [7, 11) is 1.64. The fraction of sp³-hybridized carbons (Fsp3) is 0.440. The second-order valence-electron chi connectivity index (χ2n) is 7.52. The zero-order chi connectivity index (χ0) is 23.3. The highest BCUT2D eigenvalue weighted by Gasteiger charge is 2.28. The number of nitrogens with zero attached hydrogens (tertiary/aromatic N) is 1. The zero-order valence-corrected chi connectivity index (χ0v) is 20.7. The van der Waals surface area contributed by atoms with E-state index in [1.807, 2.05) is 49.4 Å². The minimum Gasteiger partial charge on any atom is -0.497 e. The predicted molar refractivity (Wildman–Crippen MR) is 133 cm³/mol. The molecule has 174 valence electrons. The smallest absolute Gasteiger partial charge is 0.242 e. The number of nitrogens with one attached hydrogen (secondary N) is 1. The molecule has 0 saturated heterocycles.